The molecule has 0 unspecified atom stereocenters. The summed E-state index contributed by atoms with van der Waals surface area (Å²) in [4.78, 5) is 0. The molecule has 0 spiro atoms. The smallest absolute Gasteiger partial charge is 0.232 e. The minimum Gasteiger partial charge on any atom is -0.492 e. The van der Waals surface area contributed by atoms with Crippen molar-refractivity contribution in [3.8, 4) is 5.75 Å². The van der Waals surface area contributed by atoms with Crippen LogP contribution in [0.4, 0.5) is 0 Å². The third kappa shape index (κ3) is 6.15. The molecule has 96 valence electrons. The standard InChI is InChI=1S/C11H14Cl2O3S/c1-9-4-5-10(12)11(8-9)16-6-2-3-7-17(13,14)15/h4-5,8H,2-3,6-7H2,1H3. The summed E-state index contributed by atoms with van der Waals surface area (Å²) in [6, 6.07) is 5.52. The molecule has 0 saturated heterocycles. The highest BCUT2D eigenvalue weighted by Gasteiger charge is 2.05. The minimum absolute atomic E-state index is 0.0283. The average Bonchev–Trinajstić information content (AvgIpc) is 2.21. The summed E-state index contributed by atoms with van der Waals surface area (Å²) in [6.45, 7) is 2.37. The monoisotopic (exact) mass is 296 g/mol. The van der Waals surface area contributed by atoms with Gasteiger partial charge in [0, 0.05) is 10.7 Å². The molecule has 0 aliphatic heterocycles. The van der Waals surface area contributed by atoms with Crippen molar-refractivity contribution < 1.29 is 13.2 Å². The SMILES string of the molecule is Cc1ccc(Cl)c(OCCCCS(=O)(=O)Cl)c1. The van der Waals surface area contributed by atoms with Gasteiger partial charge in [-0.25, -0.2) is 8.42 Å². The van der Waals surface area contributed by atoms with Crippen LogP contribution in [0.5, 0.6) is 5.75 Å². The van der Waals surface area contributed by atoms with Gasteiger partial charge in [-0.1, -0.05) is 17.7 Å². The lowest BCUT2D eigenvalue weighted by atomic mass is 10.2. The third-order valence-electron chi connectivity index (χ3n) is 2.13. The first-order chi connectivity index (χ1) is 7.88. The van der Waals surface area contributed by atoms with Gasteiger partial charge in [0.25, 0.3) is 0 Å². The summed E-state index contributed by atoms with van der Waals surface area (Å²) in [5, 5.41) is 0.556. The molecule has 0 bridgehead atoms. The van der Waals surface area contributed by atoms with E-state index in [9.17, 15) is 8.42 Å². The van der Waals surface area contributed by atoms with Crippen LogP contribution in [0.2, 0.25) is 5.02 Å². The highest BCUT2D eigenvalue weighted by molar-refractivity contribution is 8.13. The van der Waals surface area contributed by atoms with Crippen LogP contribution < -0.4 is 4.74 Å². The first-order valence-corrected chi connectivity index (χ1v) is 8.05. The zero-order valence-electron chi connectivity index (χ0n) is 9.45. The fraction of sp³-hybridized carbons (Fsp3) is 0.455. The van der Waals surface area contributed by atoms with Crippen molar-refractivity contribution in [3.63, 3.8) is 0 Å². The van der Waals surface area contributed by atoms with E-state index in [0.29, 0.717) is 30.2 Å². The van der Waals surface area contributed by atoms with Crippen molar-refractivity contribution in [1.29, 1.82) is 0 Å². The van der Waals surface area contributed by atoms with Crippen LogP contribution in [0.3, 0.4) is 0 Å². The molecule has 0 amide bonds. The molecule has 3 nitrogen and oxygen atoms in total. The molecule has 1 aromatic rings. The van der Waals surface area contributed by atoms with Crippen molar-refractivity contribution in [2.24, 2.45) is 0 Å². The predicted octanol–water partition coefficient (Wildman–Crippen LogP) is 3.38. The van der Waals surface area contributed by atoms with E-state index < -0.39 is 9.05 Å². The number of hydrogen-bond donors (Lipinski definition) is 0. The van der Waals surface area contributed by atoms with Gasteiger partial charge in [-0.2, -0.15) is 0 Å². The predicted molar refractivity (Wildman–Crippen MR) is 70.6 cm³/mol. The lowest BCUT2D eigenvalue weighted by Gasteiger charge is -2.08. The quantitative estimate of drug-likeness (QED) is 0.597. The second-order valence-corrected chi connectivity index (χ2v) is 7.04. The van der Waals surface area contributed by atoms with Crippen molar-refractivity contribution in [3.05, 3.63) is 28.8 Å². The Labute approximate surface area is 111 Å². The molecule has 1 aromatic carbocycles. The van der Waals surface area contributed by atoms with E-state index in [1.54, 1.807) is 6.07 Å². The molecule has 6 heteroatoms. The average molecular weight is 297 g/mol. The minimum atomic E-state index is -3.39. The van der Waals surface area contributed by atoms with Gasteiger partial charge in [0.15, 0.2) is 0 Å². The van der Waals surface area contributed by atoms with Crippen molar-refractivity contribution in [2.45, 2.75) is 19.8 Å². The molecule has 0 aromatic heterocycles. The fourth-order valence-corrected chi connectivity index (χ4v) is 2.33. The van der Waals surface area contributed by atoms with Gasteiger partial charge < -0.3 is 4.74 Å². The molecule has 0 saturated carbocycles. The summed E-state index contributed by atoms with van der Waals surface area (Å²) in [5.74, 6) is 0.597. The fourth-order valence-electron chi connectivity index (χ4n) is 1.28. The summed E-state index contributed by atoms with van der Waals surface area (Å²) in [5.41, 5.74) is 1.06. The second kappa shape index (κ2) is 6.47. The number of halogens is 2. The zero-order valence-corrected chi connectivity index (χ0v) is 11.8. The summed E-state index contributed by atoms with van der Waals surface area (Å²) in [7, 11) is 1.69. The van der Waals surface area contributed by atoms with Gasteiger partial charge in [-0.3, -0.25) is 0 Å². The Kier molecular flexibility index (Phi) is 5.56. The normalized spacial score (nSPS) is 11.5. The van der Waals surface area contributed by atoms with E-state index in [0.717, 1.165) is 5.56 Å². The molecule has 0 N–H and O–H groups in total. The van der Waals surface area contributed by atoms with Crippen molar-refractivity contribution in [1.82, 2.24) is 0 Å². The van der Waals surface area contributed by atoms with E-state index in [4.69, 9.17) is 27.0 Å². The number of ether oxygens (including phenoxy) is 1. The van der Waals surface area contributed by atoms with E-state index in [2.05, 4.69) is 0 Å². The van der Waals surface area contributed by atoms with E-state index >= 15 is 0 Å². The van der Waals surface area contributed by atoms with Crippen LogP contribution in [-0.4, -0.2) is 20.8 Å². The Morgan fingerprint density at radius 1 is 1.29 bits per heavy atom. The number of aryl methyl sites for hydroxylation is 1. The maximum Gasteiger partial charge on any atom is 0.232 e. The first kappa shape index (κ1) is 14.6. The Bertz CT molecular complexity index is 472. The van der Waals surface area contributed by atoms with Gasteiger partial charge in [-0.15, -0.1) is 0 Å². The Balaban J connectivity index is 2.34. The molecule has 0 fully saturated rings. The van der Waals surface area contributed by atoms with Crippen molar-refractivity contribution >= 4 is 31.3 Å². The molecule has 1 rings (SSSR count). The second-order valence-electron chi connectivity index (χ2n) is 3.73. The maximum atomic E-state index is 10.7. The summed E-state index contributed by atoms with van der Waals surface area (Å²) >= 11 is 5.94. The number of unbranched alkanes of at least 4 members (excludes halogenated alkanes) is 1. The van der Waals surface area contributed by atoms with Gasteiger partial charge in [-0.05, 0) is 37.5 Å². The van der Waals surface area contributed by atoms with Crippen LogP contribution in [0, 0.1) is 6.92 Å². The van der Waals surface area contributed by atoms with Crippen LogP contribution in [0.15, 0.2) is 18.2 Å². The summed E-state index contributed by atoms with van der Waals surface area (Å²) in [6.07, 6.45) is 1.10. The molecule has 0 radical (unpaired) electrons. The molecule has 0 atom stereocenters. The van der Waals surface area contributed by atoms with Crippen LogP contribution >= 0.6 is 22.3 Å². The molecular formula is C11H14Cl2O3S. The van der Waals surface area contributed by atoms with Gasteiger partial charge in [0.1, 0.15) is 5.75 Å². The largest absolute Gasteiger partial charge is 0.492 e. The maximum absolute atomic E-state index is 10.7. The first-order valence-electron chi connectivity index (χ1n) is 5.20. The lowest BCUT2D eigenvalue weighted by Crippen LogP contribution is -2.02. The van der Waals surface area contributed by atoms with Gasteiger partial charge in [0.2, 0.25) is 9.05 Å². The Morgan fingerprint density at radius 2 is 2.00 bits per heavy atom. The number of benzene rings is 1. The zero-order chi connectivity index (χ0) is 12.9. The van der Waals surface area contributed by atoms with Gasteiger partial charge in [0.05, 0.1) is 17.4 Å². The highest BCUT2D eigenvalue weighted by atomic mass is 35.7. The topological polar surface area (TPSA) is 43.4 Å². The Hall–Kier alpha value is -0.450. The highest BCUT2D eigenvalue weighted by Crippen LogP contribution is 2.25. The van der Waals surface area contributed by atoms with Gasteiger partial charge >= 0.3 is 0 Å². The molecular weight excluding hydrogens is 283 g/mol. The molecule has 0 aliphatic rings. The lowest BCUT2D eigenvalue weighted by molar-refractivity contribution is 0.309. The van der Waals surface area contributed by atoms with Crippen LogP contribution in [0.1, 0.15) is 18.4 Å². The van der Waals surface area contributed by atoms with Crippen LogP contribution in [-0.2, 0) is 9.05 Å². The molecule has 0 aliphatic carbocycles. The summed E-state index contributed by atoms with van der Waals surface area (Å²) < 4.78 is 26.8. The van der Waals surface area contributed by atoms with Crippen molar-refractivity contribution in [2.75, 3.05) is 12.4 Å². The molecule has 0 heterocycles. The Morgan fingerprint density at radius 3 is 2.65 bits per heavy atom. The van der Waals surface area contributed by atoms with Crippen LogP contribution in [0.25, 0.3) is 0 Å². The number of rotatable bonds is 6. The van der Waals surface area contributed by atoms with E-state index in [1.165, 1.54) is 0 Å². The number of hydrogen-bond acceptors (Lipinski definition) is 3. The molecule has 17 heavy (non-hydrogen) atoms. The van der Waals surface area contributed by atoms with E-state index in [-0.39, 0.29) is 5.75 Å². The van der Waals surface area contributed by atoms with E-state index in [1.807, 2.05) is 19.1 Å². The third-order valence-corrected chi connectivity index (χ3v) is 3.68.